The van der Waals surface area contributed by atoms with Gasteiger partial charge in [-0.3, -0.25) is 0 Å². The molecule has 0 aliphatic carbocycles. The van der Waals surface area contributed by atoms with Crippen LogP contribution in [0.4, 0.5) is 4.39 Å². The summed E-state index contributed by atoms with van der Waals surface area (Å²) in [6, 6.07) is 7.26. The van der Waals surface area contributed by atoms with Crippen LogP contribution >= 0.6 is 0 Å². The van der Waals surface area contributed by atoms with E-state index in [2.05, 4.69) is 12.2 Å². The Morgan fingerprint density at radius 3 is 2.84 bits per heavy atom. The van der Waals surface area contributed by atoms with E-state index >= 15 is 4.39 Å². The second-order valence-corrected chi connectivity index (χ2v) is 5.15. The zero-order chi connectivity index (χ0) is 13.9. The Labute approximate surface area is 114 Å². The molecule has 3 heteroatoms. The Morgan fingerprint density at radius 1 is 1.37 bits per heavy atom. The van der Waals surface area contributed by atoms with Crippen molar-refractivity contribution < 1.29 is 8.81 Å². The lowest BCUT2D eigenvalue weighted by Gasteiger charge is -2.32. The fourth-order valence-electron chi connectivity index (χ4n) is 2.50. The molecule has 0 radical (unpaired) electrons. The lowest BCUT2D eigenvalue weighted by Crippen LogP contribution is -2.42. The van der Waals surface area contributed by atoms with Crippen LogP contribution in [-0.4, -0.2) is 13.1 Å². The van der Waals surface area contributed by atoms with E-state index in [1.165, 1.54) is 0 Å². The van der Waals surface area contributed by atoms with E-state index in [0.29, 0.717) is 6.42 Å². The summed E-state index contributed by atoms with van der Waals surface area (Å²) in [5.74, 6) is 0. The van der Waals surface area contributed by atoms with Gasteiger partial charge in [-0.1, -0.05) is 25.8 Å². The van der Waals surface area contributed by atoms with E-state index < -0.39 is 5.67 Å². The van der Waals surface area contributed by atoms with Crippen LogP contribution in [0, 0.1) is 0 Å². The molecule has 1 aromatic carbocycles. The van der Waals surface area contributed by atoms with E-state index in [0.717, 1.165) is 29.4 Å². The van der Waals surface area contributed by atoms with Gasteiger partial charge in [-0.05, 0) is 44.2 Å². The van der Waals surface area contributed by atoms with Crippen LogP contribution in [0.5, 0.6) is 0 Å². The van der Waals surface area contributed by atoms with E-state index in [9.17, 15) is 0 Å². The molecule has 0 amide bonds. The van der Waals surface area contributed by atoms with Gasteiger partial charge in [0.15, 0.2) is 5.67 Å². The minimum Gasteiger partial charge on any atom is -0.464 e. The average Bonchev–Trinajstić information content (AvgIpc) is 2.91. The van der Waals surface area contributed by atoms with E-state index in [1.807, 2.05) is 31.2 Å². The maximum absolute atomic E-state index is 15.4. The predicted octanol–water partition coefficient (Wildman–Crippen LogP) is 4.40. The highest BCUT2D eigenvalue weighted by Gasteiger charge is 2.37. The zero-order valence-corrected chi connectivity index (χ0v) is 11.9. The van der Waals surface area contributed by atoms with Gasteiger partial charge in [0, 0.05) is 11.4 Å². The van der Waals surface area contributed by atoms with Crippen molar-refractivity contribution in [1.82, 2.24) is 5.32 Å². The van der Waals surface area contributed by atoms with Gasteiger partial charge in [0.25, 0.3) is 0 Å². The number of alkyl halides is 1. The van der Waals surface area contributed by atoms with Gasteiger partial charge in [-0.15, -0.1) is 0 Å². The van der Waals surface area contributed by atoms with Crippen LogP contribution in [-0.2, 0) is 5.67 Å². The summed E-state index contributed by atoms with van der Waals surface area (Å²) in [7, 11) is 1.81. The molecule has 1 aromatic heterocycles. The largest absolute Gasteiger partial charge is 0.464 e. The number of unbranched alkanes of at least 4 members (excludes halogenated alkanes) is 1. The molecule has 0 aliphatic heterocycles. The number of hydrogen-bond acceptors (Lipinski definition) is 2. The van der Waals surface area contributed by atoms with Gasteiger partial charge in [0.05, 0.1) is 6.26 Å². The summed E-state index contributed by atoms with van der Waals surface area (Å²) >= 11 is 0. The molecule has 0 bridgehead atoms. The third-order valence-corrected chi connectivity index (χ3v) is 3.95. The first-order valence-corrected chi connectivity index (χ1v) is 6.95. The fourth-order valence-corrected chi connectivity index (χ4v) is 2.50. The summed E-state index contributed by atoms with van der Waals surface area (Å²) in [4.78, 5) is 0. The number of benzene rings is 1. The summed E-state index contributed by atoms with van der Waals surface area (Å²) in [5.41, 5.74) is 0.200. The van der Waals surface area contributed by atoms with Crippen LogP contribution in [0.15, 0.2) is 34.9 Å². The number of likely N-dealkylation sites (N-methyl/N-ethyl adjacent to an activating group) is 1. The fraction of sp³-hybridized carbons (Fsp3) is 0.500. The predicted molar refractivity (Wildman–Crippen MR) is 77.0 cm³/mol. The Kier molecular flexibility index (Phi) is 4.25. The van der Waals surface area contributed by atoms with Crippen molar-refractivity contribution in [1.29, 1.82) is 0 Å². The molecule has 0 saturated carbocycles. The highest BCUT2D eigenvalue weighted by atomic mass is 19.1. The zero-order valence-electron chi connectivity index (χ0n) is 11.9. The molecular weight excluding hydrogens is 241 g/mol. The Bertz CT molecular complexity index is 536. The van der Waals surface area contributed by atoms with Crippen molar-refractivity contribution in [3.63, 3.8) is 0 Å². The molecule has 2 aromatic rings. The summed E-state index contributed by atoms with van der Waals surface area (Å²) in [5, 5.41) is 4.01. The number of rotatable bonds is 6. The molecule has 0 spiro atoms. The van der Waals surface area contributed by atoms with Gasteiger partial charge in [-0.25, -0.2) is 4.39 Å². The molecule has 0 saturated heterocycles. The lowest BCUT2D eigenvalue weighted by molar-refractivity contribution is 0.101. The van der Waals surface area contributed by atoms with Crippen molar-refractivity contribution in [2.75, 3.05) is 7.05 Å². The summed E-state index contributed by atoms with van der Waals surface area (Å²) in [6.07, 6.45) is 4.05. The number of nitrogens with one attached hydrogen (secondary N) is 1. The summed E-state index contributed by atoms with van der Waals surface area (Å²) < 4.78 is 20.8. The van der Waals surface area contributed by atoms with Crippen LogP contribution in [0.3, 0.4) is 0 Å². The normalized spacial score (nSPS) is 16.4. The Morgan fingerprint density at radius 2 is 2.16 bits per heavy atom. The standard InChI is InChI=1S/C16H22FNO/c1-4-5-9-16(17,12(2)18-3)14-6-7-15-13(11-14)8-10-19-15/h6-8,10-12,18H,4-5,9H2,1-3H3. The SMILES string of the molecule is CCCCC(F)(c1ccc2occc2c1)C(C)NC. The number of hydrogen-bond donors (Lipinski definition) is 1. The summed E-state index contributed by atoms with van der Waals surface area (Å²) in [6.45, 7) is 3.99. The molecule has 104 valence electrons. The van der Waals surface area contributed by atoms with Crippen LogP contribution in [0.2, 0.25) is 0 Å². The third kappa shape index (κ3) is 2.66. The van der Waals surface area contributed by atoms with Crippen molar-refractivity contribution in [3.05, 3.63) is 36.1 Å². The average molecular weight is 263 g/mol. The minimum atomic E-state index is -1.34. The van der Waals surface area contributed by atoms with Crippen LogP contribution in [0.25, 0.3) is 11.0 Å². The Hall–Kier alpha value is -1.35. The molecule has 1 heterocycles. The maximum atomic E-state index is 15.4. The molecule has 2 atom stereocenters. The van der Waals surface area contributed by atoms with E-state index in [4.69, 9.17) is 4.42 Å². The van der Waals surface area contributed by atoms with Crippen LogP contribution < -0.4 is 5.32 Å². The van der Waals surface area contributed by atoms with Gasteiger partial charge >= 0.3 is 0 Å². The first kappa shape index (κ1) is 14.1. The second kappa shape index (κ2) is 5.74. The van der Waals surface area contributed by atoms with Crippen molar-refractivity contribution in [2.24, 2.45) is 0 Å². The minimum absolute atomic E-state index is 0.219. The molecule has 1 N–H and O–H groups in total. The number of fused-ring (bicyclic) bond motifs is 1. The molecular formula is C16H22FNO. The first-order chi connectivity index (χ1) is 9.11. The highest BCUT2D eigenvalue weighted by Crippen LogP contribution is 2.36. The van der Waals surface area contributed by atoms with Crippen molar-refractivity contribution in [2.45, 2.75) is 44.8 Å². The van der Waals surface area contributed by atoms with Gasteiger partial charge in [-0.2, -0.15) is 0 Å². The second-order valence-electron chi connectivity index (χ2n) is 5.15. The highest BCUT2D eigenvalue weighted by molar-refractivity contribution is 5.78. The smallest absolute Gasteiger partial charge is 0.150 e. The molecule has 0 fully saturated rings. The van der Waals surface area contributed by atoms with E-state index in [-0.39, 0.29) is 6.04 Å². The lowest BCUT2D eigenvalue weighted by atomic mass is 9.84. The quantitative estimate of drug-likeness (QED) is 0.835. The molecule has 2 rings (SSSR count). The van der Waals surface area contributed by atoms with Crippen molar-refractivity contribution >= 4 is 11.0 Å². The Balaban J connectivity index is 2.40. The molecule has 2 unspecified atom stereocenters. The van der Waals surface area contributed by atoms with Crippen molar-refractivity contribution in [3.8, 4) is 0 Å². The molecule has 19 heavy (non-hydrogen) atoms. The molecule has 0 aliphatic rings. The maximum Gasteiger partial charge on any atom is 0.150 e. The number of furan rings is 1. The van der Waals surface area contributed by atoms with Crippen LogP contribution in [0.1, 0.15) is 38.7 Å². The first-order valence-electron chi connectivity index (χ1n) is 6.95. The topological polar surface area (TPSA) is 25.2 Å². The third-order valence-electron chi connectivity index (χ3n) is 3.95. The number of halogens is 1. The monoisotopic (exact) mass is 263 g/mol. The van der Waals surface area contributed by atoms with Gasteiger partial charge in [0.1, 0.15) is 5.58 Å². The molecule has 2 nitrogen and oxygen atoms in total. The van der Waals surface area contributed by atoms with Gasteiger partial charge in [0.2, 0.25) is 0 Å². The van der Waals surface area contributed by atoms with E-state index in [1.54, 1.807) is 13.3 Å². The van der Waals surface area contributed by atoms with Gasteiger partial charge < -0.3 is 9.73 Å².